The molecule has 5 rings (SSSR count). The van der Waals surface area contributed by atoms with Gasteiger partial charge >= 0.3 is 0 Å². The molecule has 0 radical (unpaired) electrons. The van der Waals surface area contributed by atoms with Crippen LogP contribution in [0.15, 0.2) is 36.9 Å². The highest BCUT2D eigenvalue weighted by atomic mass is 32.2. The third kappa shape index (κ3) is 3.28. The summed E-state index contributed by atoms with van der Waals surface area (Å²) in [5.74, 6) is 1.55. The summed E-state index contributed by atoms with van der Waals surface area (Å²) in [7, 11) is -1.39. The number of fused-ring (bicyclic) bond motifs is 2. The highest BCUT2D eigenvalue weighted by Gasteiger charge is 2.44. The predicted molar refractivity (Wildman–Crippen MR) is 111 cm³/mol. The molecule has 152 valence electrons. The van der Waals surface area contributed by atoms with Crippen LogP contribution in [-0.4, -0.2) is 58.4 Å². The smallest absolute Gasteiger partial charge is 0.218 e. The van der Waals surface area contributed by atoms with Crippen LogP contribution in [0.2, 0.25) is 0 Å². The molecule has 4 heterocycles. The Hall–Kier alpha value is -2.52. The molecule has 2 aliphatic rings. The second-order valence-electron chi connectivity index (χ2n) is 8.21. The zero-order chi connectivity index (χ0) is 20.2. The molecule has 0 saturated carbocycles. The van der Waals surface area contributed by atoms with Crippen molar-refractivity contribution in [3.63, 3.8) is 0 Å². The monoisotopic (exact) mass is 412 g/mol. The highest BCUT2D eigenvalue weighted by molar-refractivity contribution is 7.88. The first kappa shape index (κ1) is 18.5. The third-order valence-electron chi connectivity index (χ3n) is 6.05. The summed E-state index contributed by atoms with van der Waals surface area (Å²) >= 11 is 0. The van der Waals surface area contributed by atoms with Crippen LogP contribution in [0.4, 0.5) is 5.82 Å². The Balaban J connectivity index is 1.30. The summed E-state index contributed by atoms with van der Waals surface area (Å²) < 4.78 is 29.5. The standard InChI is InChI=1S/C20H24N6O2S/c1-14-4-3-5-15(6-14)11-29(27,28)26-9-16-7-25(8-17(16)10-26)20-18-19(21-12-22-20)24(2)13-23-18/h3-6,12-13,16-17H,7-11H2,1-2H3. The molecular formula is C20H24N6O2S. The number of anilines is 1. The van der Waals surface area contributed by atoms with Crippen molar-refractivity contribution in [2.45, 2.75) is 12.7 Å². The topological polar surface area (TPSA) is 84.2 Å². The fraction of sp³-hybridized carbons (Fsp3) is 0.450. The van der Waals surface area contributed by atoms with Gasteiger partial charge in [-0.2, -0.15) is 0 Å². The second-order valence-corrected chi connectivity index (χ2v) is 10.2. The van der Waals surface area contributed by atoms with Gasteiger partial charge in [-0.1, -0.05) is 29.8 Å². The van der Waals surface area contributed by atoms with Gasteiger partial charge in [0.05, 0.1) is 12.1 Å². The Kier molecular flexibility index (Phi) is 4.32. The fourth-order valence-corrected chi connectivity index (χ4v) is 6.24. The fourth-order valence-electron chi connectivity index (χ4n) is 4.62. The van der Waals surface area contributed by atoms with E-state index in [0.717, 1.165) is 41.2 Å². The van der Waals surface area contributed by atoms with Gasteiger partial charge in [-0.15, -0.1) is 0 Å². The van der Waals surface area contributed by atoms with E-state index in [1.54, 1.807) is 17.0 Å². The highest BCUT2D eigenvalue weighted by Crippen LogP contribution is 2.36. The molecule has 2 atom stereocenters. The summed E-state index contributed by atoms with van der Waals surface area (Å²) in [5.41, 5.74) is 3.55. The summed E-state index contributed by atoms with van der Waals surface area (Å²) in [6, 6.07) is 7.73. The molecule has 2 unspecified atom stereocenters. The molecule has 0 spiro atoms. The van der Waals surface area contributed by atoms with Crippen molar-refractivity contribution in [3.8, 4) is 0 Å². The number of imidazole rings is 1. The lowest BCUT2D eigenvalue weighted by Crippen LogP contribution is -2.34. The molecule has 8 nitrogen and oxygen atoms in total. The number of aryl methyl sites for hydroxylation is 2. The molecule has 1 aromatic carbocycles. The molecule has 0 amide bonds. The van der Waals surface area contributed by atoms with Gasteiger partial charge in [-0.3, -0.25) is 0 Å². The summed E-state index contributed by atoms with van der Waals surface area (Å²) in [4.78, 5) is 15.5. The molecular weight excluding hydrogens is 388 g/mol. The lowest BCUT2D eigenvalue weighted by Gasteiger charge is -2.22. The van der Waals surface area contributed by atoms with Gasteiger partial charge in [-0.25, -0.2) is 27.7 Å². The Morgan fingerprint density at radius 1 is 1.07 bits per heavy atom. The molecule has 29 heavy (non-hydrogen) atoms. The van der Waals surface area contributed by atoms with E-state index >= 15 is 0 Å². The Labute approximate surface area is 170 Å². The van der Waals surface area contributed by atoms with Crippen molar-refractivity contribution < 1.29 is 8.42 Å². The number of benzene rings is 1. The van der Waals surface area contributed by atoms with Crippen LogP contribution in [0.3, 0.4) is 0 Å². The minimum absolute atomic E-state index is 0.0678. The number of hydrogen-bond acceptors (Lipinski definition) is 6. The zero-order valence-electron chi connectivity index (χ0n) is 16.6. The van der Waals surface area contributed by atoms with Crippen LogP contribution < -0.4 is 4.90 Å². The first-order chi connectivity index (χ1) is 13.9. The lowest BCUT2D eigenvalue weighted by atomic mass is 10.0. The number of sulfonamides is 1. The van der Waals surface area contributed by atoms with Gasteiger partial charge in [0.15, 0.2) is 17.0 Å². The van der Waals surface area contributed by atoms with E-state index < -0.39 is 10.0 Å². The average Bonchev–Trinajstić information content (AvgIpc) is 3.35. The van der Waals surface area contributed by atoms with E-state index in [4.69, 9.17) is 0 Å². The van der Waals surface area contributed by atoms with Gasteiger partial charge in [0.1, 0.15) is 6.33 Å². The van der Waals surface area contributed by atoms with Crippen molar-refractivity contribution in [2.75, 3.05) is 31.1 Å². The molecule has 2 aliphatic heterocycles. The Bertz CT molecular complexity index is 1160. The normalized spacial score (nSPS) is 22.5. The first-order valence-corrected chi connectivity index (χ1v) is 11.4. The van der Waals surface area contributed by atoms with Crippen molar-refractivity contribution in [1.82, 2.24) is 23.8 Å². The van der Waals surface area contributed by atoms with Gasteiger partial charge in [-0.05, 0) is 24.3 Å². The third-order valence-corrected chi connectivity index (χ3v) is 7.84. The Morgan fingerprint density at radius 3 is 2.55 bits per heavy atom. The maximum absolute atomic E-state index is 13.0. The van der Waals surface area contributed by atoms with Crippen LogP contribution in [0, 0.1) is 18.8 Å². The van der Waals surface area contributed by atoms with Gasteiger partial charge in [0, 0.05) is 33.2 Å². The number of hydrogen-bond donors (Lipinski definition) is 0. The first-order valence-electron chi connectivity index (χ1n) is 9.81. The van der Waals surface area contributed by atoms with Gasteiger partial charge in [0.2, 0.25) is 10.0 Å². The molecule has 3 aromatic rings. The molecule has 2 fully saturated rings. The molecule has 0 bridgehead atoms. The quantitative estimate of drug-likeness (QED) is 0.647. The van der Waals surface area contributed by atoms with Crippen LogP contribution in [0.5, 0.6) is 0 Å². The largest absolute Gasteiger partial charge is 0.354 e. The van der Waals surface area contributed by atoms with Crippen LogP contribution in [-0.2, 0) is 22.8 Å². The molecule has 9 heteroatoms. The average molecular weight is 413 g/mol. The molecule has 2 saturated heterocycles. The summed E-state index contributed by atoms with van der Waals surface area (Å²) in [6.45, 7) is 4.72. The Morgan fingerprint density at radius 2 is 1.83 bits per heavy atom. The maximum Gasteiger partial charge on any atom is 0.218 e. The van der Waals surface area contributed by atoms with Crippen molar-refractivity contribution in [1.29, 1.82) is 0 Å². The maximum atomic E-state index is 13.0. The summed E-state index contributed by atoms with van der Waals surface area (Å²) in [5, 5.41) is 0. The number of nitrogens with zero attached hydrogens (tertiary/aromatic N) is 6. The van der Waals surface area contributed by atoms with Crippen LogP contribution in [0.25, 0.3) is 11.2 Å². The van der Waals surface area contributed by atoms with Crippen molar-refractivity contribution >= 4 is 27.0 Å². The van der Waals surface area contributed by atoms with E-state index in [2.05, 4.69) is 19.9 Å². The number of rotatable bonds is 4. The van der Waals surface area contributed by atoms with Crippen LogP contribution >= 0.6 is 0 Å². The van der Waals surface area contributed by atoms with E-state index in [1.807, 2.05) is 42.8 Å². The van der Waals surface area contributed by atoms with E-state index in [-0.39, 0.29) is 5.75 Å². The van der Waals surface area contributed by atoms with Crippen molar-refractivity contribution in [2.24, 2.45) is 18.9 Å². The SMILES string of the molecule is Cc1cccc(CS(=O)(=O)N2CC3CN(c4ncnc5c4ncn5C)CC3C2)c1. The van der Waals surface area contributed by atoms with E-state index in [1.165, 1.54) is 0 Å². The number of aromatic nitrogens is 4. The molecule has 0 N–H and O–H groups in total. The molecule has 0 aliphatic carbocycles. The molecule has 2 aromatic heterocycles. The predicted octanol–water partition coefficient (Wildman–Crippen LogP) is 1.57. The lowest BCUT2D eigenvalue weighted by molar-refractivity contribution is 0.452. The van der Waals surface area contributed by atoms with Crippen LogP contribution in [0.1, 0.15) is 11.1 Å². The minimum atomic E-state index is -3.31. The van der Waals surface area contributed by atoms with E-state index in [0.29, 0.717) is 24.9 Å². The second kappa shape index (κ2) is 6.77. The van der Waals surface area contributed by atoms with E-state index in [9.17, 15) is 8.42 Å². The zero-order valence-corrected chi connectivity index (χ0v) is 17.4. The summed E-state index contributed by atoms with van der Waals surface area (Å²) in [6.07, 6.45) is 3.32. The van der Waals surface area contributed by atoms with Crippen molar-refractivity contribution in [3.05, 3.63) is 48.0 Å². The minimum Gasteiger partial charge on any atom is -0.354 e. The van der Waals surface area contributed by atoms with Gasteiger partial charge < -0.3 is 9.47 Å². The van der Waals surface area contributed by atoms with Gasteiger partial charge in [0.25, 0.3) is 0 Å².